The Balaban J connectivity index is 1.72. The number of hydrogen-bond donors (Lipinski definition) is 1. The number of carbonyl (C=O) groups excluding carboxylic acids is 1. The van der Waals surface area contributed by atoms with Gasteiger partial charge in [-0.2, -0.15) is 0 Å². The minimum Gasteiger partial charge on any atom is -0.497 e. The van der Waals surface area contributed by atoms with Gasteiger partial charge in [0.1, 0.15) is 5.75 Å². The van der Waals surface area contributed by atoms with E-state index in [2.05, 4.69) is 10.2 Å². The lowest BCUT2D eigenvalue weighted by atomic mass is 10.1. The number of sulfonamides is 1. The first-order chi connectivity index (χ1) is 15.3. The number of piperidine rings is 1. The molecule has 0 bridgehead atoms. The standard InChI is InChI=1S/C24H33N3O4S/c1-26(2)32(29,30)21-13-14-23(27-16-5-4-6-17-27)22(18-21)24(28)25-15-7-8-19-9-11-20(31-3)12-10-19/h9-14,18H,4-8,15-17H2,1-3H3,(H,25,28). The topological polar surface area (TPSA) is 78.9 Å². The number of rotatable bonds is 9. The van der Waals surface area contributed by atoms with Crippen molar-refractivity contribution in [3.8, 4) is 5.75 Å². The molecular formula is C24H33N3O4S. The number of benzene rings is 2. The van der Waals surface area contributed by atoms with Gasteiger partial charge in [0.05, 0.1) is 17.6 Å². The van der Waals surface area contributed by atoms with Gasteiger partial charge in [0.2, 0.25) is 10.0 Å². The first kappa shape index (κ1) is 24.1. The summed E-state index contributed by atoms with van der Waals surface area (Å²) in [6.45, 7) is 2.25. The second-order valence-electron chi connectivity index (χ2n) is 8.22. The van der Waals surface area contributed by atoms with Crippen LogP contribution in [0.25, 0.3) is 0 Å². The molecule has 32 heavy (non-hydrogen) atoms. The van der Waals surface area contributed by atoms with Crippen molar-refractivity contribution in [3.05, 3.63) is 53.6 Å². The van der Waals surface area contributed by atoms with Gasteiger partial charge in [-0.1, -0.05) is 12.1 Å². The molecule has 1 amide bonds. The molecule has 0 unspecified atom stereocenters. The average Bonchev–Trinajstić information content (AvgIpc) is 2.82. The Labute approximate surface area is 191 Å². The molecule has 7 nitrogen and oxygen atoms in total. The third-order valence-corrected chi connectivity index (χ3v) is 7.59. The molecule has 174 valence electrons. The van der Waals surface area contributed by atoms with Crippen LogP contribution in [0.3, 0.4) is 0 Å². The summed E-state index contributed by atoms with van der Waals surface area (Å²) in [7, 11) is 1.00. The van der Waals surface area contributed by atoms with Crippen LogP contribution in [0.1, 0.15) is 41.6 Å². The molecule has 2 aromatic carbocycles. The molecule has 0 saturated carbocycles. The number of ether oxygens (including phenoxy) is 1. The Morgan fingerprint density at radius 3 is 2.38 bits per heavy atom. The van der Waals surface area contributed by atoms with Gasteiger partial charge in [-0.05, 0) is 68.0 Å². The van der Waals surface area contributed by atoms with Crippen LogP contribution < -0.4 is 15.0 Å². The second-order valence-corrected chi connectivity index (χ2v) is 10.4. The van der Waals surface area contributed by atoms with E-state index in [0.717, 1.165) is 50.2 Å². The third-order valence-electron chi connectivity index (χ3n) is 5.77. The molecule has 0 atom stereocenters. The average molecular weight is 460 g/mol. The first-order valence-electron chi connectivity index (χ1n) is 11.1. The van der Waals surface area contributed by atoms with Crippen molar-refractivity contribution in [1.82, 2.24) is 9.62 Å². The molecule has 1 heterocycles. The smallest absolute Gasteiger partial charge is 0.253 e. The van der Waals surface area contributed by atoms with Gasteiger partial charge in [0.25, 0.3) is 5.91 Å². The van der Waals surface area contributed by atoms with E-state index in [4.69, 9.17) is 4.74 Å². The Morgan fingerprint density at radius 2 is 1.75 bits per heavy atom. The number of anilines is 1. The molecule has 3 rings (SSSR count). The summed E-state index contributed by atoms with van der Waals surface area (Å²) in [5.41, 5.74) is 2.39. The van der Waals surface area contributed by atoms with E-state index < -0.39 is 10.0 Å². The fourth-order valence-corrected chi connectivity index (χ4v) is 4.79. The molecule has 1 N–H and O–H groups in total. The molecule has 1 aliphatic rings. The fourth-order valence-electron chi connectivity index (χ4n) is 3.86. The Morgan fingerprint density at radius 1 is 1.06 bits per heavy atom. The van der Waals surface area contributed by atoms with Gasteiger partial charge in [0.15, 0.2) is 0 Å². The maximum Gasteiger partial charge on any atom is 0.253 e. The molecule has 1 aliphatic heterocycles. The lowest BCUT2D eigenvalue weighted by Gasteiger charge is -2.30. The highest BCUT2D eigenvalue weighted by molar-refractivity contribution is 7.89. The number of carbonyl (C=O) groups is 1. The predicted molar refractivity (Wildman–Crippen MR) is 127 cm³/mol. The summed E-state index contributed by atoms with van der Waals surface area (Å²) < 4.78 is 31.6. The van der Waals surface area contributed by atoms with Gasteiger partial charge in [-0.3, -0.25) is 4.79 Å². The van der Waals surface area contributed by atoms with Crippen LogP contribution >= 0.6 is 0 Å². The molecule has 1 fully saturated rings. The van der Waals surface area contributed by atoms with Gasteiger partial charge in [0, 0.05) is 39.4 Å². The lowest BCUT2D eigenvalue weighted by molar-refractivity contribution is 0.0953. The summed E-state index contributed by atoms with van der Waals surface area (Å²) in [6, 6.07) is 12.8. The number of methoxy groups -OCH3 is 1. The summed E-state index contributed by atoms with van der Waals surface area (Å²) in [5.74, 6) is 0.580. The highest BCUT2D eigenvalue weighted by Gasteiger charge is 2.24. The van der Waals surface area contributed by atoms with Crippen LogP contribution in [0.4, 0.5) is 5.69 Å². The van der Waals surface area contributed by atoms with Crippen LogP contribution in [0.15, 0.2) is 47.4 Å². The zero-order valence-corrected chi connectivity index (χ0v) is 20.0. The molecule has 0 aromatic heterocycles. The monoisotopic (exact) mass is 459 g/mol. The van der Waals surface area contributed by atoms with Gasteiger partial charge < -0.3 is 15.0 Å². The number of hydrogen-bond acceptors (Lipinski definition) is 5. The van der Waals surface area contributed by atoms with E-state index in [1.54, 1.807) is 19.2 Å². The van der Waals surface area contributed by atoms with Gasteiger partial charge in [-0.25, -0.2) is 12.7 Å². The van der Waals surface area contributed by atoms with Gasteiger partial charge >= 0.3 is 0 Å². The first-order valence-corrected chi connectivity index (χ1v) is 12.5. The van der Waals surface area contributed by atoms with Crippen molar-refractivity contribution in [3.63, 3.8) is 0 Å². The van der Waals surface area contributed by atoms with Crippen LogP contribution in [0, 0.1) is 0 Å². The van der Waals surface area contributed by atoms with Crippen molar-refractivity contribution in [1.29, 1.82) is 0 Å². The quantitative estimate of drug-likeness (QED) is 0.582. The largest absolute Gasteiger partial charge is 0.497 e. The zero-order valence-electron chi connectivity index (χ0n) is 19.1. The molecule has 8 heteroatoms. The van der Waals surface area contributed by atoms with Crippen molar-refractivity contribution >= 4 is 21.6 Å². The van der Waals surface area contributed by atoms with Crippen LogP contribution in [-0.4, -0.2) is 59.5 Å². The molecule has 2 aromatic rings. The summed E-state index contributed by atoms with van der Waals surface area (Å²) in [5, 5.41) is 2.98. The number of amides is 1. The fraction of sp³-hybridized carbons (Fsp3) is 0.458. The number of nitrogens with zero attached hydrogens (tertiary/aromatic N) is 2. The highest BCUT2D eigenvalue weighted by atomic mass is 32.2. The van der Waals surface area contributed by atoms with E-state index in [-0.39, 0.29) is 10.8 Å². The van der Waals surface area contributed by atoms with Crippen LogP contribution in [0.5, 0.6) is 5.75 Å². The van der Waals surface area contributed by atoms with Crippen molar-refractivity contribution < 1.29 is 17.9 Å². The lowest BCUT2D eigenvalue weighted by Crippen LogP contribution is -2.33. The molecule has 0 radical (unpaired) electrons. The molecule has 0 aliphatic carbocycles. The molecular weight excluding hydrogens is 426 g/mol. The Hall–Kier alpha value is -2.58. The molecule has 0 spiro atoms. The summed E-state index contributed by atoms with van der Waals surface area (Å²) in [6.07, 6.45) is 4.93. The zero-order chi connectivity index (χ0) is 23.1. The van der Waals surface area contributed by atoms with E-state index in [1.807, 2.05) is 24.3 Å². The summed E-state index contributed by atoms with van der Waals surface area (Å²) >= 11 is 0. The van der Waals surface area contributed by atoms with Gasteiger partial charge in [-0.15, -0.1) is 0 Å². The predicted octanol–water partition coefficient (Wildman–Crippen LogP) is 3.30. The maximum absolute atomic E-state index is 13.1. The van der Waals surface area contributed by atoms with Crippen molar-refractivity contribution in [2.24, 2.45) is 0 Å². The minimum absolute atomic E-state index is 0.131. The normalized spacial score (nSPS) is 14.4. The van der Waals surface area contributed by atoms with E-state index >= 15 is 0 Å². The SMILES string of the molecule is COc1ccc(CCCNC(=O)c2cc(S(=O)(=O)N(C)C)ccc2N2CCCCC2)cc1. The van der Waals surface area contributed by atoms with Crippen molar-refractivity contribution in [2.75, 3.05) is 45.7 Å². The van der Waals surface area contributed by atoms with E-state index in [0.29, 0.717) is 12.1 Å². The third kappa shape index (κ3) is 5.81. The van der Waals surface area contributed by atoms with Crippen LogP contribution in [-0.2, 0) is 16.4 Å². The Kier molecular flexibility index (Phi) is 8.15. The highest BCUT2D eigenvalue weighted by Crippen LogP contribution is 2.28. The maximum atomic E-state index is 13.1. The number of aryl methyl sites for hydroxylation is 1. The summed E-state index contributed by atoms with van der Waals surface area (Å²) in [4.78, 5) is 15.4. The Bertz CT molecular complexity index is 1010. The molecule has 1 saturated heterocycles. The van der Waals surface area contributed by atoms with E-state index in [9.17, 15) is 13.2 Å². The van der Waals surface area contributed by atoms with E-state index in [1.165, 1.54) is 36.5 Å². The van der Waals surface area contributed by atoms with Crippen molar-refractivity contribution in [2.45, 2.75) is 37.0 Å². The minimum atomic E-state index is -3.62. The number of nitrogens with one attached hydrogen (secondary N) is 1. The second kappa shape index (κ2) is 10.8. The van der Waals surface area contributed by atoms with Crippen LogP contribution in [0.2, 0.25) is 0 Å².